The summed E-state index contributed by atoms with van der Waals surface area (Å²) in [5, 5.41) is 10.5. The molecule has 1 aromatic rings. The summed E-state index contributed by atoms with van der Waals surface area (Å²) in [7, 11) is 0. The number of fused-ring (bicyclic) bond motifs is 1. The van der Waals surface area contributed by atoms with Crippen molar-refractivity contribution in [2.75, 3.05) is 0 Å². The molecule has 0 radical (unpaired) electrons. The van der Waals surface area contributed by atoms with E-state index in [9.17, 15) is 10.1 Å². The number of hydrogen-bond donors (Lipinski definition) is 1. The summed E-state index contributed by atoms with van der Waals surface area (Å²) >= 11 is 0. The fraction of sp³-hybridized carbons (Fsp3) is 0.273. The standard InChI is InChI=1S/C11H11NO2.H3N/c1-11(2)6-5-8-7-9(12(13)14)3-4-10(8)11;/h3-7H,1-2H3;1H3. The van der Waals surface area contributed by atoms with Gasteiger partial charge in [-0.2, -0.15) is 0 Å². The Morgan fingerprint density at radius 1 is 1.33 bits per heavy atom. The van der Waals surface area contributed by atoms with E-state index in [2.05, 4.69) is 19.9 Å². The summed E-state index contributed by atoms with van der Waals surface area (Å²) in [5.74, 6) is 0. The lowest BCUT2D eigenvalue weighted by Gasteiger charge is -2.16. The highest BCUT2D eigenvalue weighted by atomic mass is 16.6. The fourth-order valence-electron chi connectivity index (χ4n) is 1.78. The van der Waals surface area contributed by atoms with E-state index < -0.39 is 0 Å². The van der Waals surface area contributed by atoms with Crippen LogP contribution in [0, 0.1) is 10.1 Å². The van der Waals surface area contributed by atoms with Gasteiger partial charge in [-0.1, -0.05) is 32.1 Å². The van der Waals surface area contributed by atoms with Crippen LogP contribution < -0.4 is 6.15 Å². The Morgan fingerprint density at radius 3 is 2.60 bits per heavy atom. The monoisotopic (exact) mass is 206 g/mol. The lowest BCUT2D eigenvalue weighted by Crippen LogP contribution is -2.10. The molecule has 1 aliphatic carbocycles. The van der Waals surface area contributed by atoms with Crippen LogP contribution in [0.1, 0.15) is 25.0 Å². The molecule has 0 bridgehead atoms. The topological polar surface area (TPSA) is 78.1 Å². The predicted molar refractivity (Wildman–Crippen MR) is 60.2 cm³/mol. The summed E-state index contributed by atoms with van der Waals surface area (Å²) in [6, 6.07) is 5.03. The quantitative estimate of drug-likeness (QED) is 0.566. The van der Waals surface area contributed by atoms with Crippen LogP contribution in [-0.2, 0) is 5.41 Å². The third kappa shape index (κ3) is 1.76. The van der Waals surface area contributed by atoms with E-state index in [-0.39, 0.29) is 22.2 Å². The SMILES string of the molecule is CC1(C)C=Cc2cc([N+](=O)[O-])ccc21.N. The molecule has 0 aliphatic heterocycles. The van der Waals surface area contributed by atoms with Crippen molar-refractivity contribution in [1.29, 1.82) is 0 Å². The zero-order chi connectivity index (χ0) is 10.3. The van der Waals surface area contributed by atoms with Gasteiger partial charge in [0.15, 0.2) is 0 Å². The second kappa shape index (κ2) is 3.47. The minimum atomic E-state index is -0.362. The molecule has 4 nitrogen and oxygen atoms in total. The maximum atomic E-state index is 10.5. The van der Waals surface area contributed by atoms with Crippen molar-refractivity contribution < 1.29 is 4.92 Å². The van der Waals surface area contributed by atoms with E-state index in [1.165, 1.54) is 0 Å². The first-order valence-electron chi connectivity index (χ1n) is 4.49. The molecule has 15 heavy (non-hydrogen) atoms. The Bertz CT molecular complexity index is 436. The van der Waals surface area contributed by atoms with Crippen LogP contribution >= 0.6 is 0 Å². The Kier molecular flexibility index (Phi) is 2.64. The maximum absolute atomic E-state index is 10.5. The van der Waals surface area contributed by atoms with Crippen molar-refractivity contribution in [3.63, 3.8) is 0 Å². The van der Waals surface area contributed by atoms with Gasteiger partial charge >= 0.3 is 0 Å². The van der Waals surface area contributed by atoms with Crippen molar-refractivity contribution in [2.45, 2.75) is 19.3 Å². The van der Waals surface area contributed by atoms with Gasteiger partial charge in [0.05, 0.1) is 4.92 Å². The zero-order valence-corrected chi connectivity index (χ0v) is 8.86. The second-order valence-corrected chi connectivity index (χ2v) is 4.08. The molecule has 3 N–H and O–H groups in total. The lowest BCUT2D eigenvalue weighted by atomic mass is 9.87. The first-order chi connectivity index (χ1) is 6.50. The number of rotatable bonds is 1. The molecule has 0 atom stereocenters. The first kappa shape index (κ1) is 11.4. The number of non-ortho nitro benzene ring substituents is 1. The summed E-state index contributed by atoms with van der Waals surface area (Å²) < 4.78 is 0. The van der Waals surface area contributed by atoms with Crippen LogP contribution in [0.2, 0.25) is 0 Å². The number of hydrogen-bond acceptors (Lipinski definition) is 3. The van der Waals surface area contributed by atoms with E-state index in [1.807, 2.05) is 12.1 Å². The van der Waals surface area contributed by atoms with Crippen molar-refractivity contribution in [3.05, 3.63) is 45.5 Å². The molecule has 80 valence electrons. The van der Waals surface area contributed by atoms with Gasteiger partial charge in [-0.25, -0.2) is 0 Å². The Balaban J connectivity index is 0.00000112. The van der Waals surface area contributed by atoms with Gasteiger partial charge in [0.25, 0.3) is 5.69 Å². The van der Waals surface area contributed by atoms with Crippen molar-refractivity contribution in [1.82, 2.24) is 6.15 Å². The molecule has 0 unspecified atom stereocenters. The van der Waals surface area contributed by atoms with Gasteiger partial charge in [-0.3, -0.25) is 10.1 Å². The number of nitrogens with zero attached hydrogens (tertiary/aromatic N) is 1. The van der Waals surface area contributed by atoms with Crippen LogP contribution in [-0.4, -0.2) is 4.92 Å². The molecule has 0 saturated heterocycles. The van der Waals surface area contributed by atoms with Gasteiger partial charge in [0.1, 0.15) is 0 Å². The minimum absolute atomic E-state index is 0. The average Bonchev–Trinajstić information content (AvgIpc) is 2.42. The third-order valence-corrected chi connectivity index (χ3v) is 2.62. The second-order valence-electron chi connectivity index (χ2n) is 4.08. The van der Waals surface area contributed by atoms with E-state index in [1.54, 1.807) is 12.1 Å². The van der Waals surface area contributed by atoms with Crippen molar-refractivity contribution in [2.24, 2.45) is 0 Å². The summed E-state index contributed by atoms with van der Waals surface area (Å²) in [4.78, 5) is 10.2. The first-order valence-corrected chi connectivity index (χ1v) is 4.49. The molecular formula is C11H14N2O2. The van der Waals surface area contributed by atoms with E-state index in [0.717, 1.165) is 11.1 Å². The van der Waals surface area contributed by atoms with Crippen molar-refractivity contribution in [3.8, 4) is 0 Å². The highest BCUT2D eigenvalue weighted by Crippen LogP contribution is 2.36. The molecule has 0 fully saturated rings. The van der Waals surface area contributed by atoms with Gasteiger partial charge in [0, 0.05) is 17.5 Å². The van der Waals surface area contributed by atoms with Crippen LogP contribution in [0.5, 0.6) is 0 Å². The number of benzene rings is 1. The van der Waals surface area contributed by atoms with E-state index in [0.29, 0.717) is 0 Å². The third-order valence-electron chi connectivity index (χ3n) is 2.62. The van der Waals surface area contributed by atoms with Crippen molar-refractivity contribution >= 4 is 11.8 Å². The molecule has 0 saturated carbocycles. The molecule has 1 aliphatic rings. The number of allylic oxidation sites excluding steroid dienone is 1. The van der Waals surface area contributed by atoms with Gasteiger partial charge < -0.3 is 6.15 Å². The highest BCUT2D eigenvalue weighted by Gasteiger charge is 2.25. The van der Waals surface area contributed by atoms with Gasteiger partial charge in [-0.05, 0) is 11.1 Å². The molecule has 0 aromatic heterocycles. The predicted octanol–water partition coefficient (Wildman–Crippen LogP) is 3.06. The Morgan fingerprint density at radius 2 is 2.00 bits per heavy atom. The normalized spacial score (nSPS) is 15.6. The lowest BCUT2D eigenvalue weighted by molar-refractivity contribution is -0.384. The molecule has 0 spiro atoms. The summed E-state index contributed by atoms with van der Waals surface area (Å²) in [5.41, 5.74) is 2.28. The van der Waals surface area contributed by atoms with Crippen LogP contribution in [0.15, 0.2) is 24.3 Å². The van der Waals surface area contributed by atoms with E-state index in [4.69, 9.17) is 0 Å². The fourth-order valence-corrected chi connectivity index (χ4v) is 1.78. The zero-order valence-electron chi connectivity index (χ0n) is 8.86. The Labute approximate surface area is 88.3 Å². The summed E-state index contributed by atoms with van der Waals surface area (Å²) in [6.45, 7) is 4.20. The number of nitro groups is 1. The van der Waals surface area contributed by atoms with Crippen LogP contribution in [0.3, 0.4) is 0 Å². The van der Waals surface area contributed by atoms with E-state index >= 15 is 0 Å². The average molecular weight is 206 g/mol. The van der Waals surface area contributed by atoms with Crippen LogP contribution in [0.4, 0.5) is 5.69 Å². The van der Waals surface area contributed by atoms with Gasteiger partial charge in [-0.15, -0.1) is 0 Å². The molecule has 0 amide bonds. The largest absolute Gasteiger partial charge is 0.344 e. The maximum Gasteiger partial charge on any atom is 0.270 e. The molecule has 4 heteroatoms. The molecule has 1 aromatic carbocycles. The highest BCUT2D eigenvalue weighted by molar-refractivity contribution is 5.66. The summed E-state index contributed by atoms with van der Waals surface area (Å²) in [6.07, 6.45) is 4.02. The smallest absolute Gasteiger partial charge is 0.270 e. The molecule has 2 rings (SSSR count). The Hall–Kier alpha value is -1.68. The molecular weight excluding hydrogens is 192 g/mol. The molecule has 0 heterocycles. The number of nitro benzene ring substituents is 1. The van der Waals surface area contributed by atoms with Gasteiger partial charge in [0.2, 0.25) is 0 Å². The van der Waals surface area contributed by atoms with Crippen LogP contribution in [0.25, 0.3) is 6.08 Å². The minimum Gasteiger partial charge on any atom is -0.344 e.